The Morgan fingerprint density at radius 1 is 1.22 bits per heavy atom. The number of hydrogen-bond donors (Lipinski definition) is 0. The zero-order valence-corrected chi connectivity index (χ0v) is 10.8. The van der Waals surface area contributed by atoms with Crippen molar-refractivity contribution < 1.29 is 9.48 Å². The molecular formula is C15H21NO2. The fourth-order valence-electron chi connectivity index (χ4n) is 2.63. The molecule has 3 heteroatoms. The van der Waals surface area contributed by atoms with Crippen molar-refractivity contribution in [2.45, 2.75) is 44.9 Å². The zero-order chi connectivity index (χ0) is 12.8. The minimum absolute atomic E-state index is 0.331. The number of rotatable bonds is 5. The smallest absolute Gasteiger partial charge is 0.270 e. The Balaban J connectivity index is 1.92. The molecule has 0 bridgehead atoms. The van der Waals surface area contributed by atoms with Crippen LogP contribution in [-0.4, -0.2) is 17.7 Å². The van der Waals surface area contributed by atoms with Gasteiger partial charge in [0, 0.05) is 5.92 Å². The third-order valence-corrected chi connectivity index (χ3v) is 3.60. The first-order valence-electron chi connectivity index (χ1n) is 6.70. The van der Waals surface area contributed by atoms with E-state index in [0.717, 1.165) is 23.1 Å². The lowest BCUT2D eigenvalue weighted by Crippen LogP contribution is -2.33. The van der Waals surface area contributed by atoms with Crippen LogP contribution < -0.4 is 0 Å². The van der Waals surface area contributed by atoms with Crippen molar-refractivity contribution in [3.63, 3.8) is 0 Å². The van der Waals surface area contributed by atoms with Gasteiger partial charge in [0.05, 0.1) is 6.61 Å². The Morgan fingerprint density at radius 2 is 1.89 bits per heavy atom. The third kappa shape index (κ3) is 3.57. The van der Waals surface area contributed by atoms with Crippen LogP contribution in [0.3, 0.4) is 0 Å². The summed E-state index contributed by atoms with van der Waals surface area (Å²) >= 11 is 0. The average Bonchev–Trinajstić information content (AvgIpc) is 2.41. The van der Waals surface area contributed by atoms with Gasteiger partial charge in [0.2, 0.25) is 0 Å². The molecule has 0 radical (unpaired) electrons. The summed E-state index contributed by atoms with van der Waals surface area (Å²) in [6.45, 7) is 3.96. The summed E-state index contributed by atoms with van der Waals surface area (Å²) in [5, 5.41) is 11.5. The van der Waals surface area contributed by atoms with Gasteiger partial charge in [-0.3, -0.25) is 0 Å². The summed E-state index contributed by atoms with van der Waals surface area (Å²) in [7, 11) is 0. The van der Waals surface area contributed by atoms with Crippen LogP contribution in [0.1, 0.15) is 37.7 Å². The number of nitrogens with zero attached hydrogens (tertiary/aromatic N) is 1. The van der Waals surface area contributed by atoms with Crippen molar-refractivity contribution >= 4 is 6.72 Å². The van der Waals surface area contributed by atoms with Gasteiger partial charge in [-0.25, -0.2) is 0 Å². The molecule has 1 fully saturated rings. The average molecular weight is 247 g/mol. The van der Waals surface area contributed by atoms with Gasteiger partial charge < -0.3 is 9.94 Å². The highest BCUT2D eigenvalue weighted by Gasteiger charge is 2.29. The number of hydroxylamine groups is 1. The molecule has 1 aliphatic carbocycles. The van der Waals surface area contributed by atoms with Crippen molar-refractivity contribution in [2.24, 2.45) is 5.92 Å². The lowest BCUT2D eigenvalue weighted by molar-refractivity contribution is -0.564. The molecule has 1 atom stereocenters. The molecule has 1 aromatic rings. The van der Waals surface area contributed by atoms with Crippen LogP contribution in [0, 0.1) is 11.1 Å². The Labute approximate surface area is 109 Å². The standard InChI is InChI=1S/C15H21NO2/c1-16(17)15(14-10-6-3-7-11-14)18-12-13-8-4-2-5-9-13/h2,4-5,8-9,14-15H,1,3,6-7,10-12H2. The van der Waals surface area contributed by atoms with Crippen LogP contribution in [0.5, 0.6) is 0 Å². The van der Waals surface area contributed by atoms with Crippen LogP contribution in [0.4, 0.5) is 0 Å². The lowest BCUT2D eigenvalue weighted by Gasteiger charge is -2.27. The van der Waals surface area contributed by atoms with Crippen molar-refractivity contribution in [3.05, 3.63) is 41.1 Å². The largest absolute Gasteiger partial charge is 0.622 e. The van der Waals surface area contributed by atoms with Gasteiger partial charge in [0.1, 0.15) is 6.72 Å². The van der Waals surface area contributed by atoms with Gasteiger partial charge in [-0.05, 0) is 18.4 Å². The Bertz CT molecular complexity index is 371. The van der Waals surface area contributed by atoms with E-state index in [9.17, 15) is 5.21 Å². The molecule has 1 aromatic carbocycles. The van der Waals surface area contributed by atoms with E-state index >= 15 is 0 Å². The zero-order valence-electron chi connectivity index (χ0n) is 10.8. The summed E-state index contributed by atoms with van der Waals surface area (Å²) in [5.41, 5.74) is 1.10. The van der Waals surface area contributed by atoms with Crippen molar-refractivity contribution in [1.29, 1.82) is 0 Å². The Morgan fingerprint density at radius 3 is 2.50 bits per heavy atom. The fourth-order valence-corrected chi connectivity index (χ4v) is 2.63. The Kier molecular flexibility index (Phi) is 4.76. The second-order valence-corrected chi connectivity index (χ2v) is 5.00. The quantitative estimate of drug-likeness (QED) is 0.263. The van der Waals surface area contributed by atoms with Gasteiger partial charge in [-0.1, -0.05) is 49.6 Å². The van der Waals surface area contributed by atoms with Crippen LogP contribution >= 0.6 is 0 Å². The van der Waals surface area contributed by atoms with Crippen molar-refractivity contribution in [2.75, 3.05) is 0 Å². The third-order valence-electron chi connectivity index (χ3n) is 3.60. The SMILES string of the molecule is C=[N+]([O-])C(OCc1ccccc1)C1CCCCC1. The molecule has 0 amide bonds. The van der Waals surface area contributed by atoms with E-state index in [-0.39, 0.29) is 0 Å². The van der Waals surface area contributed by atoms with Gasteiger partial charge in [-0.2, -0.15) is 4.74 Å². The number of ether oxygens (including phenoxy) is 1. The Hall–Kier alpha value is -1.35. The van der Waals surface area contributed by atoms with Gasteiger partial charge in [-0.15, -0.1) is 0 Å². The minimum Gasteiger partial charge on any atom is -0.622 e. The van der Waals surface area contributed by atoms with E-state index in [0.29, 0.717) is 12.5 Å². The molecule has 18 heavy (non-hydrogen) atoms. The number of benzene rings is 1. The molecule has 98 valence electrons. The molecule has 0 saturated heterocycles. The van der Waals surface area contributed by atoms with Gasteiger partial charge >= 0.3 is 0 Å². The molecule has 0 aliphatic heterocycles. The minimum atomic E-state index is -0.398. The highest BCUT2D eigenvalue weighted by molar-refractivity contribution is 5.15. The topological polar surface area (TPSA) is 35.3 Å². The highest BCUT2D eigenvalue weighted by Crippen LogP contribution is 2.28. The molecule has 3 nitrogen and oxygen atoms in total. The predicted octanol–water partition coefficient (Wildman–Crippen LogP) is 3.32. The first-order valence-corrected chi connectivity index (χ1v) is 6.70. The number of hydrogen-bond acceptors (Lipinski definition) is 2. The second-order valence-electron chi connectivity index (χ2n) is 5.00. The highest BCUT2D eigenvalue weighted by atomic mass is 16.6. The lowest BCUT2D eigenvalue weighted by atomic mass is 9.88. The van der Waals surface area contributed by atoms with E-state index in [4.69, 9.17) is 4.74 Å². The summed E-state index contributed by atoms with van der Waals surface area (Å²) < 4.78 is 6.52. The second kappa shape index (κ2) is 6.55. The maximum Gasteiger partial charge on any atom is 0.270 e. The molecule has 1 unspecified atom stereocenters. The van der Waals surface area contributed by atoms with E-state index in [2.05, 4.69) is 6.72 Å². The first kappa shape index (κ1) is 13.1. The first-order chi connectivity index (χ1) is 8.77. The molecule has 0 N–H and O–H groups in total. The van der Waals surface area contributed by atoms with Gasteiger partial charge in [0.15, 0.2) is 0 Å². The van der Waals surface area contributed by atoms with E-state index < -0.39 is 6.23 Å². The maximum absolute atomic E-state index is 11.5. The molecule has 0 aromatic heterocycles. The fraction of sp³-hybridized carbons (Fsp3) is 0.533. The summed E-state index contributed by atoms with van der Waals surface area (Å²) in [6.07, 6.45) is 5.43. The normalized spacial score (nSPS) is 18.4. The van der Waals surface area contributed by atoms with Crippen LogP contribution in [-0.2, 0) is 11.3 Å². The van der Waals surface area contributed by atoms with Crippen LogP contribution in [0.2, 0.25) is 0 Å². The van der Waals surface area contributed by atoms with Crippen molar-refractivity contribution in [3.8, 4) is 0 Å². The van der Waals surface area contributed by atoms with Crippen LogP contribution in [0.15, 0.2) is 30.3 Å². The molecule has 0 spiro atoms. The predicted molar refractivity (Wildman–Crippen MR) is 72.3 cm³/mol. The molecule has 0 heterocycles. The van der Waals surface area contributed by atoms with Crippen LogP contribution in [0.25, 0.3) is 0 Å². The molecule has 1 aliphatic rings. The van der Waals surface area contributed by atoms with E-state index in [1.54, 1.807) is 0 Å². The van der Waals surface area contributed by atoms with E-state index in [1.165, 1.54) is 19.3 Å². The summed E-state index contributed by atoms with van der Waals surface area (Å²) in [4.78, 5) is 0. The van der Waals surface area contributed by atoms with Crippen molar-refractivity contribution in [1.82, 2.24) is 0 Å². The molecular weight excluding hydrogens is 226 g/mol. The summed E-state index contributed by atoms with van der Waals surface area (Å²) in [6, 6.07) is 9.96. The maximum atomic E-state index is 11.5. The van der Waals surface area contributed by atoms with Gasteiger partial charge in [0.25, 0.3) is 6.23 Å². The molecule has 2 rings (SSSR count). The monoisotopic (exact) mass is 247 g/mol. The molecule has 1 saturated carbocycles. The van der Waals surface area contributed by atoms with E-state index in [1.807, 2.05) is 30.3 Å². The summed E-state index contributed by atoms with van der Waals surface area (Å²) in [5.74, 6) is 0.331.